The molecule has 1 aliphatic rings. The third-order valence-corrected chi connectivity index (χ3v) is 6.04. The van der Waals surface area contributed by atoms with Gasteiger partial charge in [-0.3, -0.25) is 16.1 Å². The zero-order valence-corrected chi connectivity index (χ0v) is 20.0. The van der Waals surface area contributed by atoms with E-state index in [-0.39, 0.29) is 24.6 Å². The second-order valence-corrected chi connectivity index (χ2v) is 10.2. The van der Waals surface area contributed by atoms with Crippen molar-refractivity contribution in [2.24, 2.45) is 5.41 Å². The number of ether oxygens (including phenoxy) is 1. The number of amides is 1. The van der Waals surface area contributed by atoms with E-state index in [1.165, 1.54) is 12.3 Å². The fourth-order valence-corrected chi connectivity index (χ4v) is 4.20. The SMILES string of the molecule is CC(C)c1ccc(C(O)(c2cnnc(C(=N)NO)c2)C2(C)CN(C(=O)OC(C)(C)C)C2)cc1. The first-order valence-corrected chi connectivity index (χ1v) is 10.9. The molecular weight excluding hydrogens is 422 g/mol. The lowest BCUT2D eigenvalue weighted by Crippen LogP contribution is -2.66. The molecule has 1 amide bonds. The van der Waals surface area contributed by atoms with Crippen molar-refractivity contribution in [3.63, 3.8) is 0 Å². The van der Waals surface area contributed by atoms with Crippen molar-refractivity contribution in [3.8, 4) is 0 Å². The minimum Gasteiger partial charge on any atom is -0.444 e. The Labute approximate surface area is 194 Å². The smallest absolute Gasteiger partial charge is 0.410 e. The highest BCUT2D eigenvalue weighted by atomic mass is 16.6. The van der Waals surface area contributed by atoms with Crippen LogP contribution in [0.4, 0.5) is 4.79 Å². The van der Waals surface area contributed by atoms with E-state index in [9.17, 15) is 9.90 Å². The Balaban J connectivity index is 2.04. The molecule has 1 saturated heterocycles. The Kier molecular flexibility index (Phi) is 6.50. The van der Waals surface area contributed by atoms with Gasteiger partial charge < -0.3 is 14.7 Å². The topological polar surface area (TPSA) is 132 Å². The molecule has 0 saturated carbocycles. The van der Waals surface area contributed by atoms with Gasteiger partial charge in [0.1, 0.15) is 16.9 Å². The Hall–Kier alpha value is -3.04. The molecule has 0 radical (unpaired) electrons. The molecular formula is C24H33N5O4. The third-order valence-electron chi connectivity index (χ3n) is 6.04. The lowest BCUT2D eigenvalue weighted by molar-refractivity contribution is -0.131. The van der Waals surface area contributed by atoms with Crippen molar-refractivity contribution >= 4 is 11.9 Å². The van der Waals surface area contributed by atoms with Crippen LogP contribution in [0.1, 0.15) is 69.8 Å². The van der Waals surface area contributed by atoms with Crippen molar-refractivity contribution in [1.29, 1.82) is 5.41 Å². The number of carbonyl (C=O) groups is 1. The molecule has 1 aliphatic heterocycles. The number of aliphatic hydroxyl groups is 1. The molecule has 1 atom stereocenters. The van der Waals surface area contributed by atoms with E-state index in [4.69, 9.17) is 15.4 Å². The van der Waals surface area contributed by atoms with Crippen LogP contribution in [0.15, 0.2) is 36.5 Å². The molecule has 4 N–H and O–H groups in total. The molecule has 2 aromatic rings. The van der Waals surface area contributed by atoms with Gasteiger partial charge in [0, 0.05) is 24.1 Å². The van der Waals surface area contributed by atoms with Crippen LogP contribution in [0.3, 0.4) is 0 Å². The fraction of sp³-hybridized carbons (Fsp3) is 0.500. The molecule has 9 heteroatoms. The Morgan fingerprint density at radius 2 is 1.82 bits per heavy atom. The summed E-state index contributed by atoms with van der Waals surface area (Å²) in [5.74, 6) is -0.00427. The van der Waals surface area contributed by atoms with Crippen LogP contribution in [0.5, 0.6) is 0 Å². The number of nitrogens with zero attached hydrogens (tertiary/aromatic N) is 3. The average Bonchev–Trinajstić information content (AvgIpc) is 2.74. The van der Waals surface area contributed by atoms with Crippen molar-refractivity contribution in [1.82, 2.24) is 20.6 Å². The normalized spacial score (nSPS) is 17.2. The van der Waals surface area contributed by atoms with E-state index in [1.54, 1.807) is 10.4 Å². The van der Waals surface area contributed by atoms with E-state index in [0.29, 0.717) is 17.0 Å². The first-order chi connectivity index (χ1) is 15.3. The van der Waals surface area contributed by atoms with Gasteiger partial charge in [0.05, 0.1) is 6.20 Å². The second-order valence-electron chi connectivity index (χ2n) is 10.2. The van der Waals surface area contributed by atoms with E-state index in [1.807, 2.05) is 52.0 Å². The van der Waals surface area contributed by atoms with E-state index in [2.05, 4.69) is 24.0 Å². The van der Waals surface area contributed by atoms with Gasteiger partial charge in [-0.2, -0.15) is 5.10 Å². The predicted octanol–water partition coefficient (Wildman–Crippen LogP) is 3.40. The summed E-state index contributed by atoms with van der Waals surface area (Å²) in [7, 11) is 0. The Bertz CT molecular complexity index is 1030. The van der Waals surface area contributed by atoms with Crippen LogP contribution in [0.25, 0.3) is 0 Å². The number of hydrogen-bond donors (Lipinski definition) is 4. The van der Waals surface area contributed by atoms with Gasteiger partial charge in [0.15, 0.2) is 5.84 Å². The van der Waals surface area contributed by atoms with Crippen LogP contribution in [0.2, 0.25) is 0 Å². The van der Waals surface area contributed by atoms with Crippen LogP contribution in [-0.2, 0) is 10.3 Å². The standard InChI is InChI=1S/C24H33N5O4/c1-15(2)16-7-9-17(10-8-16)24(31,18-11-19(20(25)28-32)27-26-12-18)23(6)13-29(14-23)21(30)33-22(3,4)5/h7-12,15,31-32H,13-14H2,1-6H3,(H2,25,28). The molecule has 0 aliphatic carbocycles. The lowest BCUT2D eigenvalue weighted by Gasteiger charge is -2.56. The van der Waals surface area contributed by atoms with Gasteiger partial charge in [-0.25, -0.2) is 4.79 Å². The van der Waals surface area contributed by atoms with Gasteiger partial charge in [-0.15, -0.1) is 5.10 Å². The van der Waals surface area contributed by atoms with Crippen molar-refractivity contribution in [2.45, 2.75) is 58.7 Å². The highest BCUT2D eigenvalue weighted by Gasteiger charge is 2.58. The number of rotatable bonds is 5. The van der Waals surface area contributed by atoms with Crippen LogP contribution < -0.4 is 5.48 Å². The number of amidine groups is 1. The number of nitrogens with one attached hydrogen (secondary N) is 2. The van der Waals surface area contributed by atoms with Crippen LogP contribution >= 0.6 is 0 Å². The van der Waals surface area contributed by atoms with Crippen LogP contribution in [-0.4, -0.2) is 56.0 Å². The molecule has 1 unspecified atom stereocenters. The maximum atomic E-state index is 12.6. The Morgan fingerprint density at radius 1 is 1.21 bits per heavy atom. The first kappa shape index (κ1) is 24.6. The van der Waals surface area contributed by atoms with Crippen molar-refractivity contribution in [2.75, 3.05) is 13.1 Å². The maximum Gasteiger partial charge on any atom is 0.410 e. The lowest BCUT2D eigenvalue weighted by atomic mass is 9.62. The summed E-state index contributed by atoms with van der Waals surface area (Å²) in [5.41, 5.74) is 1.11. The van der Waals surface area contributed by atoms with Gasteiger partial charge in [-0.05, 0) is 43.9 Å². The molecule has 3 rings (SSSR count). The minimum atomic E-state index is -1.54. The monoisotopic (exact) mass is 455 g/mol. The second kappa shape index (κ2) is 8.72. The number of hydroxylamine groups is 1. The predicted molar refractivity (Wildman–Crippen MR) is 123 cm³/mol. The number of carbonyl (C=O) groups excluding carboxylic acids is 1. The van der Waals surface area contributed by atoms with Gasteiger partial charge in [-0.1, -0.05) is 45.0 Å². The Morgan fingerprint density at radius 3 is 2.33 bits per heavy atom. The molecule has 178 valence electrons. The maximum absolute atomic E-state index is 12.6. The summed E-state index contributed by atoms with van der Waals surface area (Å²) in [6, 6.07) is 9.24. The highest BCUT2D eigenvalue weighted by molar-refractivity contribution is 5.93. The number of hydrogen-bond acceptors (Lipinski definition) is 7. The summed E-state index contributed by atoms with van der Waals surface area (Å²) in [6.07, 6.45) is 1.02. The van der Waals surface area contributed by atoms with Gasteiger partial charge >= 0.3 is 6.09 Å². The zero-order valence-electron chi connectivity index (χ0n) is 20.0. The van der Waals surface area contributed by atoms with Crippen LogP contribution in [0, 0.1) is 10.8 Å². The molecule has 2 heterocycles. The van der Waals surface area contributed by atoms with Crippen molar-refractivity contribution < 1.29 is 19.8 Å². The van der Waals surface area contributed by atoms with Gasteiger partial charge in [0.2, 0.25) is 0 Å². The molecule has 1 aromatic carbocycles. The average molecular weight is 456 g/mol. The highest BCUT2D eigenvalue weighted by Crippen LogP contribution is 2.50. The summed E-state index contributed by atoms with van der Waals surface area (Å²) >= 11 is 0. The number of likely N-dealkylation sites (tertiary alicyclic amines) is 1. The molecule has 33 heavy (non-hydrogen) atoms. The largest absolute Gasteiger partial charge is 0.444 e. The quantitative estimate of drug-likeness (QED) is 0.309. The third kappa shape index (κ3) is 4.69. The molecule has 1 aromatic heterocycles. The van der Waals surface area contributed by atoms with Gasteiger partial charge in [0.25, 0.3) is 0 Å². The molecule has 0 bridgehead atoms. The van der Waals surface area contributed by atoms with E-state index in [0.717, 1.165) is 5.56 Å². The fourth-order valence-electron chi connectivity index (χ4n) is 4.20. The number of aromatic nitrogens is 2. The number of benzene rings is 1. The molecule has 1 fully saturated rings. The van der Waals surface area contributed by atoms with Crippen molar-refractivity contribution in [3.05, 3.63) is 58.9 Å². The molecule has 0 spiro atoms. The summed E-state index contributed by atoms with van der Waals surface area (Å²) in [5, 5.41) is 37.1. The summed E-state index contributed by atoms with van der Waals surface area (Å²) in [6.45, 7) is 12.1. The van der Waals surface area contributed by atoms with E-state index < -0.39 is 22.7 Å². The molecule has 9 nitrogen and oxygen atoms in total. The first-order valence-electron chi connectivity index (χ1n) is 10.9. The zero-order chi connectivity index (χ0) is 24.6. The minimum absolute atomic E-state index is 0.0825. The van der Waals surface area contributed by atoms with E-state index >= 15 is 0 Å². The summed E-state index contributed by atoms with van der Waals surface area (Å²) < 4.78 is 5.49. The summed E-state index contributed by atoms with van der Waals surface area (Å²) in [4.78, 5) is 14.1.